The van der Waals surface area contributed by atoms with Crippen LogP contribution in [0.3, 0.4) is 0 Å². The van der Waals surface area contributed by atoms with Gasteiger partial charge in [-0.15, -0.1) is 13.2 Å². The van der Waals surface area contributed by atoms with Crippen LogP contribution in [0.2, 0.25) is 0 Å². The van der Waals surface area contributed by atoms with E-state index in [1.165, 1.54) is 102 Å². The molecule has 258 valence electrons. The first-order chi connectivity index (χ1) is 22.1. The Morgan fingerprint density at radius 1 is 0.711 bits per heavy atom. The number of carbonyl (C=O) groups excluding carboxylic acids is 1. The number of hydrogen-bond donors (Lipinski definition) is 0. The van der Waals surface area contributed by atoms with Crippen molar-refractivity contribution >= 4 is 12.5 Å². The lowest BCUT2D eigenvalue weighted by Crippen LogP contribution is -2.45. The van der Waals surface area contributed by atoms with Gasteiger partial charge in [0.1, 0.15) is 12.6 Å². The highest BCUT2D eigenvalue weighted by Gasteiger charge is 2.24. The van der Waals surface area contributed by atoms with Crippen molar-refractivity contribution in [2.24, 2.45) is 0 Å². The second-order valence-electron chi connectivity index (χ2n) is 10.4. The van der Waals surface area contributed by atoms with E-state index >= 15 is 0 Å². The predicted molar refractivity (Wildman–Crippen MR) is 201 cm³/mol. The summed E-state index contributed by atoms with van der Waals surface area (Å²) < 4.78 is 12.6. The van der Waals surface area contributed by atoms with Crippen molar-refractivity contribution in [3.05, 3.63) is 91.9 Å². The molecule has 0 saturated carbocycles. The van der Waals surface area contributed by atoms with Crippen molar-refractivity contribution in [3.8, 4) is 0 Å². The third-order valence-corrected chi connectivity index (χ3v) is 7.15. The summed E-state index contributed by atoms with van der Waals surface area (Å²) in [5, 5.41) is 0. The second-order valence-corrected chi connectivity index (χ2v) is 10.4. The fourth-order valence-corrected chi connectivity index (χ4v) is 5.06. The third-order valence-electron chi connectivity index (χ3n) is 7.15. The summed E-state index contributed by atoms with van der Waals surface area (Å²) in [5.41, 5.74) is 2.48. The van der Waals surface area contributed by atoms with Crippen LogP contribution in [0.1, 0.15) is 105 Å². The molecule has 3 fully saturated rings. The molecule has 0 aliphatic carbocycles. The molecule has 0 amide bonds. The zero-order chi connectivity index (χ0) is 34.7. The minimum absolute atomic E-state index is 0.152. The standard InChI is InChI=1S/C12H22N2.C11H14FN.C7H8.C3H8.2C2H6.C2H4.CH2O/c1-2-13-10-6-12(7-11-13)14-8-4-3-5-9-14;12-10-4-6-11(7-5-10)13-8-2-1-3-9-13;1-7-5-3-2-4-6-7;1-3-2;4*1-2/h2,12H,1,3-11H2;4-7H,1-3,8-9H2;2-6H,1H3;3H2,1-2H3;2*1-2H3;1-2H2;1H2. The van der Waals surface area contributed by atoms with Gasteiger partial charge in [0.05, 0.1) is 0 Å². The molecule has 3 saturated heterocycles. The van der Waals surface area contributed by atoms with Crippen LogP contribution in [0.15, 0.2) is 80.5 Å². The van der Waals surface area contributed by atoms with Crippen LogP contribution in [-0.2, 0) is 4.79 Å². The topological polar surface area (TPSA) is 26.8 Å². The van der Waals surface area contributed by atoms with E-state index in [1.54, 1.807) is 0 Å². The van der Waals surface area contributed by atoms with Crippen molar-refractivity contribution in [3.63, 3.8) is 0 Å². The van der Waals surface area contributed by atoms with Gasteiger partial charge in [-0.05, 0) is 95.4 Å². The zero-order valence-corrected chi connectivity index (χ0v) is 30.4. The van der Waals surface area contributed by atoms with Gasteiger partial charge in [-0.25, -0.2) is 4.39 Å². The van der Waals surface area contributed by atoms with Crippen LogP contribution < -0.4 is 4.90 Å². The maximum Gasteiger partial charge on any atom is 0.123 e. The number of rotatable bonds is 3. The molecule has 0 spiro atoms. The highest BCUT2D eigenvalue weighted by Crippen LogP contribution is 2.21. The van der Waals surface area contributed by atoms with Gasteiger partial charge in [0, 0.05) is 37.9 Å². The lowest BCUT2D eigenvalue weighted by Gasteiger charge is -2.39. The van der Waals surface area contributed by atoms with Gasteiger partial charge in [0.25, 0.3) is 0 Å². The molecule has 3 aliphatic rings. The lowest BCUT2D eigenvalue weighted by atomic mass is 10.0. The van der Waals surface area contributed by atoms with Crippen molar-refractivity contribution in [1.29, 1.82) is 0 Å². The number of benzene rings is 2. The summed E-state index contributed by atoms with van der Waals surface area (Å²) in [6.45, 7) is 33.5. The molecule has 4 nitrogen and oxygen atoms in total. The predicted octanol–water partition coefficient (Wildman–Crippen LogP) is 11.0. The number of nitrogens with zero attached hydrogens (tertiary/aromatic N) is 3. The molecule has 0 aromatic heterocycles. The van der Waals surface area contributed by atoms with E-state index in [-0.39, 0.29) is 5.82 Å². The Morgan fingerprint density at radius 2 is 1.13 bits per heavy atom. The Bertz CT molecular complexity index is 840. The van der Waals surface area contributed by atoms with Crippen molar-refractivity contribution in [1.82, 2.24) is 9.80 Å². The molecule has 0 atom stereocenters. The smallest absolute Gasteiger partial charge is 0.123 e. The number of piperidine rings is 3. The molecule has 0 bridgehead atoms. The molecule has 0 N–H and O–H groups in total. The monoisotopic (exact) mass is 628 g/mol. The molecule has 2 aromatic carbocycles. The second kappa shape index (κ2) is 35.6. The molecule has 2 aromatic rings. The Balaban J connectivity index is -0.000000523. The maximum atomic E-state index is 12.6. The molecule has 45 heavy (non-hydrogen) atoms. The molecule has 5 rings (SSSR count). The van der Waals surface area contributed by atoms with Crippen molar-refractivity contribution < 1.29 is 9.18 Å². The summed E-state index contributed by atoms with van der Waals surface area (Å²) in [5.74, 6) is -0.152. The van der Waals surface area contributed by atoms with E-state index in [0.717, 1.165) is 24.8 Å². The number of carbonyl (C=O) groups is 1. The van der Waals surface area contributed by atoms with Crippen LogP contribution in [0.5, 0.6) is 0 Å². The summed E-state index contributed by atoms with van der Waals surface area (Å²) in [7, 11) is 0. The fourth-order valence-electron chi connectivity index (χ4n) is 5.06. The van der Waals surface area contributed by atoms with Crippen LogP contribution in [0.4, 0.5) is 10.1 Å². The first-order valence-corrected chi connectivity index (χ1v) is 17.5. The van der Waals surface area contributed by atoms with Crippen LogP contribution in [0, 0.1) is 12.7 Å². The first kappa shape index (κ1) is 46.5. The fraction of sp³-hybridized carbons (Fsp3) is 0.575. The molecule has 0 unspecified atom stereocenters. The van der Waals surface area contributed by atoms with Gasteiger partial charge in [-0.2, -0.15) is 0 Å². The molecule has 5 heteroatoms. The van der Waals surface area contributed by atoms with Gasteiger partial charge in [-0.3, -0.25) is 0 Å². The van der Waals surface area contributed by atoms with Gasteiger partial charge in [-0.1, -0.05) is 96.9 Å². The van der Waals surface area contributed by atoms with Crippen LogP contribution in [-0.4, -0.2) is 61.9 Å². The number of likely N-dealkylation sites (tertiary alicyclic amines) is 2. The summed E-state index contributed by atoms with van der Waals surface area (Å²) in [6.07, 6.45) is 14.1. The average Bonchev–Trinajstić information content (AvgIpc) is 3.14. The summed E-state index contributed by atoms with van der Waals surface area (Å²) in [6, 6.07) is 17.9. The maximum absolute atomic E-state index is 12.6. The summed E-state index contributed by atoms with van der Waals surface area (Å²) in [4.78, 5) is 15.4. The Kier molecular flexibility index (Phi) is 36.7. The quantitative estimate of drug-likeness (QED) is 0.316. The van der Waals surface area contributed by atoms with E-state index in [2.05, 4.69) is 67.3 Å². The highest BCUT2D eigenvalue weighted by atomic mass is 19.1. The number of hydrogen-bond acceptors (Lipinski definition) is 4. The van der Waals surface area contributed by atoms with Crippen LogP contribution in [0.25, 0.3) is 0 Å². The zero-order valence-electron chi connectivity index (χ0n) is 30.4. The van der Waals surface area contributed by atoms with Crippen molar-refractivity contribution in [2.75, 3.05) is 44.2 Å². The molecular formula is C40H70FN3O. The molecule has 3 heterocycles. The number of anilines is 1. The van der Waals surface area contributed by atoms with Gasteiger partial charge >= 0.3 is 0 Å². The van der Waals surface area contributed by atoms with E-state index in [1.807, 2.05) is 71.0 Å². The largest absolute Gasteiger partial charge is 0.378 e. The van der Waals surface area contributed by atoms with E-state index in [0.29, 0.717) is 0 Å². The average molecular weight is 628 g/mol. The van der Waals surface area contributed by atoms with Gasteiger partial charge < -0.3 is 19.5 Å². The first-order valence-electron chi connectivity index (χ1n) is 17.5. The number of aryl methyl sites for hydroxylation is 1. The minimum Gasteiger partial charge on any atom is -0.378 e. The van der Waals surface area contributed by atoms with Gasteiger partial charge in [0.15, 0.2) is 0 Å². The van der Waals surface area contributed by atoms with Crippen molar-refractivity contribution in [2.45, 2.75) is 112 Å². The highest BCUT2D eigenvalue weighted by molar-refractivity contribution is 5.46. The summed E-state index contributed by atoms with van der Waals surface area (Å²) >= 11 is 0. The normalized spacial score (nSPS) is 15.5. The minimum atomic E-state index is -0.152. The number of halogens is 1. The SMILES string of the molecule is C=C.C=CN1CCC(N2CCCCC2)CC1.C=O.CC.CC.CCC.Cc1ccccc1.Fc1ccc(N2CCCCC2)cc1. The third kappa shape index (κ3) is 24.0. The van der Waals surface area contributed by atoms with E-state index < -0.39 is 0 Å². The van der Waals surface area contributed by atoms with Gasteiger partial charge in [0.2, 0.25) is 0 Å². The van der Waals surface area contributed by atoms with Crippen LogP contribution >= 0.6 is 0 Å². The molecule has 3 aliphatic heterocycles. The Hall–Kier alpha value is -2.92. The molecular weight excluding hydrogens is 557 g/mol. The van der Waals surface area contributed by atoms with E-state index in [4.69, 9.17) is 4.79 Å². The Morgan fingerprint density at radius 3 is 1.51 bits per heavy atom. The molecule has 0 radical (unpaired) electrons. The van der Waals surface area contributed by atoms with E-state index in [9.17, 15) is 4.39 Å². The Labute approximate surface area is 279 Å². The lowest BCUT2D eigenvalue weighted by molar-refractivity contribution is -0.0980.